The molecule has 0 radical (unpaired) electrons. The van der Waals surface area contributed by atoms with E-state index in [-0.39, 0.29) is 36.0 Å². The van der Waals surface area contributed by atoms with Crippen molar-refractivity contribution in [3.63, 3.8) is 0 Å². The number of ether oxygens (including phenoxy) is 1. The van der Waals surface area contributed by atoms with E-state index in [4.69, 9.17) is 4.74 Å². The van der Waals surface area contributed by atoms with Gasteiger partial charge in [0.05, 0.1) is 12.8 Å². The van der Waals surface area contributed by atoms with E-state index in [0.29, 0.717) is 11.4 Å². The van der Waals surface area contributed by atoms with Gasteiger partial charge in [-0.05, 0) is 29.8 Å². The number of fused-ring (bicyclic) bond motifs is 1. The molecular formula is C20H17FN6O3. The molecule has 0 atom stereocenters. The molecule has 0 saturated heterocycles. The average molecular weight is 408 g/mol. The van der Waals surface area contributed by atoms with Gasteiger partial charge >= 0.3 is 0 Å². The summed E-state index contributed by atoms with van der Waals surface area (Å²) in [5.74, 6) is -0.108. The van der Waals surface area contributed by atoms with Crippen molar-refractivity contribution < 1.29 is 13.9 Å². The first-order valence-corrected chi connectivity index (χ1v) is 9.01. The number of halogens is 1. The molecule has 30 heavy (non-hydrogen) atoms. The summed E-state index contributed by atoms with van der Waals surface area (Å²) in [5.41, 5.74) is 1.22. The Bertz CT molecular complexity index is 1270. The third-order valence-corrected chi connectivity index (χ3v) is 4.44. The molecule has 0 aliphatic heterocycles. The van der Waals surface area contributed by atoms with Crippen molar-refractivity contribution in [1.29, 1.82) is 0 Å². The molecular weight excluding hydrogens is 391 g/mol. The van der Waals surface area contributed by atoms with Crippen LogP contribution in [0.3, 0.4) is 0 Å². The van der Waals surface area contributed by atoms with Crippen molar-refractivity contribution in [2.24, 2.45) is 0 Å². The van der Waals surface area contributed by atoms with E-state index in [1.54, 1.807) is 43.5 Å². The van der Waals surface area contributed by atoms with Crippen LogP contribution in [0.25, 0.3) is 16.9 Å². The van der Waals surface area contributed by atoms with Crippen molar-refractivity contribution >= 4 is 17.1 Å². The van der Waals surface area contributed by atoms with Crippen LogP contribution in [0.1, 0.15) is 5.56 Å². The van der Waals surface area contributed by atoms with E-state index in [0.717, 1.165) is 10.1 Å². The maximum Gasteiger partial charge on any atom is 0.284 e. The highest BCUT2D eigenvalue weighted by Crippen LogP contribution is 2.17. The second kappa shape index (κ2) is 8.11. The van der Waals surface area contributed by atoms with Gasteiger partial charge in [0.15, 0.2) is 11.2 Å². The van der Waals surface area contributed by atoms with Crippen LogP contribution in [-0.2, 0) is 17.9 Å². The number of methoxy groups -OCH3 is 1. The highest BCUT2D eigenvalue weighted by Gasteiger charge is 2.15. The highest BCUT2D eigenvalue weighted by atomic mass is 19.1. The van der Waals surface area contributed by atoms with E-state index in [1.165, 1.54) is 23.1 Å². The van der Waals surface area contributed by atoms with E-state index >= 15 is 0 Å². The molecule has 0 saturated carbocycles. The van der Waals surface area contributed by atoms with Crippen LogP contribution in [0.5, 0.6) is 5.75 Å². The van der Waals surface area contributed by atoms with E-state index in [1.807, 2.05) is 0 Å². The molecule has 0 fully saturated rings. The Kier molecular flexibility index (Phi) is 5.21. The van der Waals surface area contributed by atoms with Crippen molar-refractivity contribution in [2.45, 2.75) is 13.1 Å². The lowest BCUT2D eigenvalue weighted by atomic mass is 10.2. The average Bonchev–Trinajstić information content (AvgIpc) is 3.20. The van der Waals surface area contributed by atoms with Gasteiger partial charge in [0.1, 0.15) is 24.4 Å². The third-order valence-electron chi connectivity index (χ3n) is 4.44. The zero-order valence-electron chi connectivity index (χ0n) is 15.9. The Morgan fingerprint density at radius 2 is 2.00 bits per heavy atom. The van der Waals surface area contributed by atoms with Gasteiger partial charge in [-0.25, -0.2) is 9.37 Å². The molecule has 1 amide bonds. The van der Waals surface area contributed by atoms with Gasteiger partial charge in [0, 0.05) is 12.6 Å². The van der Waals surface area contributed by atoms with Crippen molar-refractivity contribution in [2.75, 3.05) is 7.11 Å². The van der Waals surface area contributed by atoms with Crippen LogP contribution in [0, 0.1) is 5.82 Å². The van der Waals surface area contributed by atoms with Gasteiger partial charge in [0.2, 0.25) is 5.91 Å². The topological polar surface area (TPSA) is 104 Å². The predicted octanol–water partition coefficient (Wildman–Crippen LogP) is 1.44. The van der Waals surface area contributed by atoms with Crippen LogP contribution >= 0.6 is 0 Å². The first-order valence-electron chi connectivity index (χ1n) is 9.01. The van der Waals surface area contributed by atoms with E-state index in [9.17, 15) is 14.0 Å². The van der Waals surface area contributed by atoms with Crippen molar-refractivity contribution in [3.05, 3.63) is 76.6 Å². The Morgan fingerprint density at radius 3 is 2.77 bits per heavy atom. The molecule has 4 rings (SSSR count). The van der Waals surface area contributed by atoms with Gasteiger partial charge in [-0.1, -0.05) is 23.4 Å². The summed E-state index contributed by atoms with van der Waals surface area (Å²) in [6, 6.07) is 12.9. The Labute approximate surface area is 169 Å². The van der Waals surface area contributed by atoms with Crippen LogP contribution in [0.2, 0.25) is 0 Å². The molecule has 2 aromatic heterocycles. The summed E-state index contributed by atoms with van der Waals surface area (Å²) in [6.07, 6.45) is 1.28. The molecule has 2 aromatic carbocycles. The maximum atomic E-state index is 12.9. The Hall–Kier alpha value is -4.08. The minimum Gasteiger partial charge on any atom is -0.497 e. The fraction of sp³-hybridized carbons (Fsp3) is 0.150. The summed E-state index contributed by atoms with van der Waals surface area (Å²) in [5, 5.41) is 10.6. The van der Waals surface area contributed by atoms with Crippen LogP contribution in [0.4, 0.5) is 4.39 Å². The van der Waals surface area contributed by atoms with Crippen LogP contribution in [0.15, 0.2) is 59.7 Å². The number of carbonyl (C=O) groups is 1. The summed E-state index contributed by atoms with van der Waals surface area (Å²) in [7, 11) is 1.55. The van der Waals surface area contributed by atoms with E-state index in [2.05, 4.69) is 20.6 Å². The van der Waals surface area contributed by atoms with Crippen molar-refractivity contribution in [3.8, 4) is 11.4 Å². The van der Waals surface area contributed by atoms with Crippen LogP contribution < -0.4 is 15.6 Å². The normalized spacial score (nSPS) is 10.9. The molecule has 0 unspecified atom stereocenters. The lowest BCUT2D eigenvalue weighted by molar-refractivity contribution is -0.121. The second-order valence-electron chi connectivity index (χ2n) is 6.46. The minimum atomic E-state index is -0.480. The first kappa shape index (κ1) is 19.2. The molecule has 1 N–H and O–H groups in total. The Morgan fingerprint density at radius 1 is 1.20 bits per heavy atom. The lowest BCUT2D eigenvalue weighted by Crippen LogP contribution is -2.32. The number of amides is 1. The molecule has 0 bridgehead atoms. The molecule has 2 heterocycles. The molecule has 0 aliphatic rings. The van der Waals surface area contributed by atoms with Gasteiger partial charge in [-0.2, -0.15) is 4.68 Å². The number of benzene rings is 2. The number of hydrogen-bond acceptors (Lipinski definition) is 6. The summed E-state index contributed by atoms with van der Waals surface area (Å²) in [4.78, 5) is 29.2. The number of carbonyl (C=O) groups excluding carboxylic acids is 1. The maximum absolute atomic E-state index is 12.9. The van der Waals surface area contributed by atoms with Gasteiger partial charge in [0.25, 0.3) is 5.56 Å². The molecule has 0 spiro atoms. The number of aromatic nitrogens is 5. The van der Waals surface area contributed by atoms with Crippen molar-refractivity contribution in [1.82, 2.24) is 29.9 Å². The number of hydrogen-bond donors (Lipinski definition) is 1. The smallest absolute Gasteiger partial charge is 0.284 e. The SMILES string of the molecule is COc1cccc(-n2nnc3c(=O)n(CC(=O)NCc4ccc(F)cc4)cnc32)c1. The zero-order valence-corrected chi connectivity index (χ0v) is 15.9. The molecule has 0 aliphatic carbocycles. The zero-order chi connectivity index (χ0) is 21.1. The fourth-order valence-electron chi connectivity index (χ4n) is 2.89. The first-order chi connectivity index (χ1) is 14.5. The lowest BCUT2D eigenvalue weighted by Gasteiger charge is -2.08. The van der Waals surface area contributed by atoms with E-state index < -0.39 is 5.56 Å². The largest absolute Gasteiger partial charge is 0.497 e. The molecule has 4 aromatic rings. The quantitative estimate of drug-likeness (QED) is 0.518. The summed E-state index contributed by atoms with van der Waals surface area (Å²) < 4.78 is 20.7. The van der Waals surface area contributed by atoms with Gasteiger partial charge < -0.3 is 10.1 Å². The highest BCUT2D eigenvalue weighted by molar-refractivity contribution is 5.76. The monoisotopic (exact) mass is 408 g/mol. The number of rotatable bonds is 6. The number of nitrogens with zero attached hydrogens (tertiary/aromatic N) is 5. The summed E-state index contributed by atoms with van der Waals surface area (Å²) >= 11 is 0. The van der Waals surface area contributed by atoms with Crippen LogP contribution in [-0.4, -0.2) is 37.6 Å². The fourth-order valence-corrected chi connectivity index (χ4v) is 2.89. The number of nitrogens with one attached hydrogen (secondary N) is 1. The molecule has 152 valence electrons. The standard InChI is InChI=1S/C20H17FN6O3/c1-30-16-4-2-3-15(9-16)27-19-18(24-25-27)20(29)26(12-23-19)11-17(28)22-10-13-5-7-14(21)8-6-13/h2-9,12H,10-11H2,1H3,(H,22,28). The van der Waals surface area contributed by atoms with Gasteiger partial charge in [-0.15, -0.1) is 5.10 Å². The third kappa shape index (κ3) is 3.88. The minimum absolute atomic E-state index is 0.0478. The summed E-state index contributed by atoms with van der Waals surface area (Å²) in [6.45, 7) is -0.00938. The Balaban J connectivity index is 1.53. The molecule has 10 heteroatoms. The molecule has 9 nitrogen and oxygen atoms in total. The second-order valence-corrected chi connectivity index (χ2v) is 6.46. The predicted molar refractivity (Wildman–Crippen MR) is 106 cm³/mol. The van der Waals surface area contributed by atoms with Gasteiger partial charge in [-0.3, -0.25) is 14.2 Å².